The average molecular weight is 340 g/mol. The third kappa shape index (κ3) is 6.93. The molecule has 2 aromatic rings. The van der Waals surface area contributed by atoms with Gasteiger partial charge in [0.25, 0.3) is 0 Å². The lowest BCUT2D eigenvalue weighted by Crippen LogP contribution is -2.30. The average Bonchev–Trinajstić information content (AvgIpc) is 2.65. The first-order chi connectivity index (χ1) is 12.2. The molecular weight excluding hydrogens is 312 g/mol. The molecule has 134 valence electrons. The molecule has 5 nitrogen and oxygen atoms in total. The highest BCUT2D eigenvalue weighted by Gasteiger charge is 2.03. The predicted octanol–water partition coefficient (Wildman–Crippen LogP) is 3.33. The topological polar surface area (TPSA) is 57.3 Å². The molecule has 0 unspecified atom stereocenters. The normalized spacial score (nSPS) is 10.7. The van der Waals surface area contributed by atoms with Crippen molar-refractivity contribution in [1.29, 1.82) is 0 Å². The Morgan fingerprint density at radius 3 is 2.44 bits per heavy atom. The van der Waals surface area contributed by atoms with Gasteiger partial charge in [-0.1, -0.05) is 32.0 Å². The highest BCUT2D eigenvalue weighted by Crippen LogP contribution is 2.10. The Labute approximate surface area is 150 Å². The fraction of sp³-hybridized carbons (Fsp3) is 0.400. The van der Waals surface area contributed by atoms with Crippen LogP contribution in [0.3, 0.4) is 0 Å². The van der Waals surface area contributed by atoms with Crippen molar-refractivity contribution in [3.63, 3.8) is 0 Å². The minimum Gasteiger partial charge on any atom is -0.338 e. The van der Waals surface area contributed by atoms with Crippen molar-refractivity contribution >= 4 is 11.7 Å². The predicted molar refractivity (Wildman–Crippen MR) is 103 cm³/mol. The first-order valence-corrected chi connectivity index (χ1v) is 8.96. The molecule has 5 heteroatoms. The molecule has 0 fully saturated rings. The zero-order valence-electron chi connectivity index (χ0n) is 15.2. The van der Waals surface area contributed by atoms with E-state index >= 15 is 0 Å². The van der Waals surface area contributed by atoms with Gasteiger partial charge in [-0.3, -0.25) is 4.98 Å². The number of pyridine rings is 1. The number of rotatable bonds is 9. The van der Waals surface area contributed by atoms with Crippen LogP contribution in [-0.4, -0.2) is 42.1 Å². The Morgan fingerprint density at radius 1 is 1.04 bits per heavy atom. The summed E-state index contributed by atoms with van der Waals surface area (Å²) in [4.78, 5) is 18.4. The molecule has 0 atom stereocenters. The van der Waals surface area contributed by atoms with Gasteiger partial charge in [0.05, 0.1) is 0 Å². The van der Waals surface area contributed by atoms with E-state index in [4.69, 9.17) is 0 Å². The van der Waals surface area contributed by atoms with Gasteiger partial charge in [0.15, 0.2) is 0 Å². The van der Waals surface area contributed by atoms with Gasteiger partial charge in [-0.05, 0) is 55.3 Å². The first-order valence-electron chi connectivity index (χ1n) is 8.96. The second-order valence-electron chi connectivity index (χ2n) is 5.97. The third-order valence-electron chi connectivity index (χ3n) is 4.24. The van der Waals surface area contributed by atoms with E-state index in [0.29, 0.717) is 6.54 Å². The van der Waals surface area contributed by atoms with Crippen molar-refractivity contribution in [2.45, 2.75) is 26.7 Å². The molecule has 0 bridgehead atoms. The number of hydrogen-bond donors (Lipinski definition) is 2. The van der Waals surface area contributed by atoms with Gasteiger partial charge in [0, 0.05) is 31.2 Å². The summed E-state index contributed by atoms with van der Waals surface area (Å²) in [5, 5.41) is 5.73. The number of nitrogens with zero attached hydrogens (tertiary/aromatic N) is 2. The minimum absolute atomic E-state index is 0.181. The van der Waals surface area contributed by atoms with Crippen LogP contribution in [0.2, 0.25) is 0 Å². The lowest BCUT2D eigenvalue weighted by Gasteiger charge is -2.17. The number of aromatic nitrogens is 1. The van der Waals surface area contributed by atoms with Crippen LogP contribution in [0.5, 0.6) is 0 Å². The van der Waals surface area contributed by atoms with E-state index in [1.807, 2.05) is 30.5 Å². The number of anilines is 1. The Bertz CT molecular complexity index is 624. The fourth-order valence-corrected chi connectivity index (χ4v) is 2.62. The first kappa shape index (κ1) is 18.9. The molecular formula is C20H28N4O. The molecule has 25 heavy (non-hydrogen) atoms. The van der Waals surface area contributed by atoms with Gasteiger partial charge in [-0.15, -0.1) is 0 Å². The summed E-state index contributed by atoms with van der Waals surface area (Å²) in [6.45, 7) is 8.17. The summed E-state index contributed by atoms with van der Waals surface area (Å²) in [6, 6.07) is 11.8. The second kappa shape index (κ2) is 10.5. The van der Waals surface area contributed by atoms with E-state index in [1.54, 1.807) is 6.20 Å². The van der Waals surface area contributed by atoms with E-state index in [0.717, 1.165) is 43.7 Å². The van der Waals surface area contributed by atoms with Crippen molar-refractivity contribution in [2.75, 3.05) is 31.5 Å². The molecule has 2 N–H and O–H groups in total. The molecule has 0 aliphatic carbocycles. The summed E-state index contributed by atoms with van der Waals surface area (Å²) in [5.41, 5.74) is 3.21. The van der Waals surface area contributed by atoms with Gasteiger partial charge < -0.3 is 15.5 Å². The maximum absolute atomic E-state index is 11.9. The second-order valence-corrected chi connectivity index (χ2v) is 5.97. The molecule has 0 spiro atoms. The molecule has 0 saturated heterocycles. The number of carbonyl (C=O) groups excluding carboxylic acids is 1. The standard InChI is InChI=1S/C20H28N4O/c1-3-24(4-2)15-12-17-7-9-19(10-8-17)23-20(25)22-14-11-18-6-5-13-21-16-18/h5-10,13,16H,3-4,11-12,14-15H2,1-2H3,(H2,22,23,25). The van der Waals surface area contributed by atoms with Gasteiger partial charge >= 0.3 is 6.03 Å². The monoisotopic (exact) mass is 340 g/mol. The van der Waals surface area contributed by atoms with Crippen molar-refractivity contribution in [1.82, 2.24) is 15.2 Å². The van der Waals surface area contributed by atoms with E-state index in [1.165, 1.54) is 5.56 Å². The quantitative estimate of drug-likeness (QED) is 0.736. The van der Waals surface area contributed by atoms with Crippen LogP contribution >= 0.6 is 0 Å². The number of amides is 2. The Hall–Kier alpha value is -2.40. The SMILES string of the molecule is CCN(CC)CCc1ccc(NC(=O)NCCc2cccnc2)cc1. The zero-order valence-corrected chi connectivity index (χ0v) is 15.2. The molecule has 1 aromatic heterocycles. The Morgan fingerprint density at radius 2 is 1.80 bits per heavy atom. The summed E-state index contributed by atoms with van der Waals surface area (Å²) < 4.78 is 0. The van der Waals surface area contributed by atoms with Crippen LogP contribution in [0.4, 0.5) is 10.5 Å². The molecule has 0 aliphatic heterocycles. The molecule has 0 aliphatic rings. The van der Waals surface area contributed by atoms with E-state index in [-0.39, 0.29) is 6.03 Å². The van der Waals surface area contributed by atoms with E-state index in [9.17, 15) is 4.79 Å². The summed E-state index contributed by atoms with van der Waals surface area (Å²) in [7, 11) is 0. The molecule has 2 rings (SSSR count). The maximum Gasteiger partial charge on any atom is 0.319 e. The zero-order chi connectivity index (χ0) is 17.9. The summed E-state index contributed by atoms with van der Waals surface area (Å²) >= 11 is 0. The van der Waals surface area contributed by atoms with Crippen molar-refractivity contribution in [2.24, 2.45) is 0 Å². The van der Waals surface area contributed by atoms with Gasteiger partial charge in [-0.25, -0.2) is 4.79 Å². The van der Waals surface area contributed by atoms with Crippen molar-refractivity contribution < 1.29 is 4.79 Å². The van der Waals surface area contributed by atoms with Crippen LogP contribution in [-0.2, 0) is 12.8 Å². The molecule has 1 heterocycles. The van der Waals surface area contributed by atoms with Gasteiger partial charge in [0.1, 0.15) is 0 Å². The van der Waals surface area contributed by atoms with Crippen LogP contribution < -0.4 is 10.6 Å². The Kier molecular flexibility index (Phi) is 7.92. The van der Waals surface area contributed by atoms with Crippen LogP contribution in [0.15, 0.2) is 48.8 Å². The third-order valence-corrected chi connectivity index (χ3v) is 4.24. The van der Waals surface area contributed by atoms with Gasteiger partial charge in [0.2, 0.25) is 0 Å². The molecule has 0 radical (unpaired) electrons. The maximum atomic E-state index is 11.9. The number of carbonyl (C=O) groups is 1. The number of benzene rings is 1. The fourth-order valence-electron chi connectivity index (χ4n) is 2.62. The van der Waals surface area contributed by atoms with Crippen LogP contribution in [0.1, 0.15) is 25.0 Å². The number of hydrogen-bond acceptors (Lipinski definition) is 3. The lowest BCUT2D eigenvalue weighted by atomic mass is 10.1. The smallest absolute Gasteiger partial charge is 0.319 e. The van der Waals surface area contributed by atoms with Crippen molar-refractivity contribution in [3.8, 4) is 0 Å². The number of likely N-dealkylation sites (N-methyl/N-ethyl adjacent to an activating group) is 1. The van der Waals surface area contributed by atoms with E-state index < -0.39 is 0 Å². The van der Waals surface area contributed by atoms with Crippen LogP contribution in [0.25, 0.3) is 0 Å². The number of urea groups is 1. The van der Waals surface area contributed by atoms with Crippen molar-refractivity contribution in [3.05, 3.63) is 59.9 Å². The summed E-state index contributed by atoms with van der Waals surface area (Å²) in [6.07, 6.45) is 5.36. The highest BCUT2D eigenvalue weighted by molar-refractivity contribution is 5.89. The van der Waals surface area contributed by atoms with E-state index in [2.05, 4.69) is 46.5 Å². The Balaban J connectivity index is 1.71. The highest BCUT2D eigenvalue weighted by atomic mass is 16.2. The molecule has 2 amide bonds. The largest absolute Gasteiger partial charge is 0.338 e. The molecule has 1 aromatic carbocycles. The summed E-state index contributed by atoms with van der Waals surface area (Å²) in [5.74, 6) is 0. The minimum atomic E-state index is -0.181. The lowest BCUT2D eigenvalue weighted by molar-refractivity contribution is 0.252. The van der Waals surface area contributed by atoms with Crippen LogP contribution in [0, 0.1) is 0 Å². The molecule has 0 saturated carbocycles. The van der Waals surface area contributed by atoms with Gasteiger partial charge in [-0.2, -0.15) is 0 Å². The number of nitrogens with one attached hydrogen (secondary N) is 2.